The standard InChI is InChI=1S/C15H25N2/c1-3-5-10-17(4-2)14(12-16)11-13-8-6-7-9-15(13)17/h9,13-14H,3-8,10-11H2,1-2H3/q+1. The molecule has 17 heavy (non-hydrogen) atoms. The molecule has 2 rings (SSSR count). The number of unbranched alkanes of at least 4 members (excludes halogenated alkanes) is 1. The molecule has 0 aromatic carbocycles. The van der Waals surface area contributed by atoms with Crippen molar-refractivity contribution in [3.8, 4) is 6.07 Å². The van der Waals surface area contributed by atoms with Gasteiger partial charge in [-0.25, -0.2) is 0 Å². The van der Waals surface area contributed by atoms with Crippen molar-refractivity contribution in [3.63, 3.8) is 0 Å². The summed E-state index contributed by atoms with van der Waals surface area (Å²) in [6.45, 7) is 6.78. The van der Waals surface area contributed by atoms with Crippen LogP contribution in [0.15, 0.2) is 11.8 Å². The second kappa shape index (κ2) is 5.23. The fraction of sp³-hybridized carbons (Fsp3) is 0.800. The van der Waals surface area contributed by atoms with Gasteiger partial charge < -0.3 is 0 Å². The molecule has 0 amide bonds. The number of likely N-dealkylation sites (tertiary alicyclic amines) is 1. The minimum atomic E-state index is 0.223. The molecule has 0 aromatic rings. The van der Waals surface area contributed by atoms with Crippen LogP contribution in [-0.2, 0) is 0 Å². The van der Waals surface area contributed by atoms with E-state index in [0.717, 1.165) is 17.4 Å². The first-order chi connectivity index (χ1) is 8.28. The lowest BCUT2D eigenvalue weighted by molar-refractivity contribution is -0.898. The lowest BCUT2D eigenvalue weighted by Gasteiger charge is -2.38. The molecule has 0 N–H and O–H groups in total. The van der Waals surface area contributed by atoms with E-state index in [-0.39, 0.29) is 6.04 Å². The van der Waals surface area contributed by atoms with Crippen LogP contribution in [-0.4, -0.2) is 23.6 Å². The summed E-state index contributed by atoms with van der Waals surface area (Å²) < 4.78 is 0.995. The zero-order valence-corrected chi connectivity index (χ0v) is 11.3. The van der Waals surface area contributed by atoms with E-state index in [9.17, 15) is 5.26 Å². The van der Waals surface area contributed by atoms with Crippen molar-refractivity contribution in [2.24, 2.45) is 5.92 Å². The molecule has 0 radical (unpaired) electrons. The van der Waals surface area contributed by atoms with Gasteiger partial charge in [0.15, 0.2) is 6.04 Å². The fourth-order valence-corrected chi connectivity index (χ4v) is 3.81. The van der Waals surface area contributed by atoms with Gasteiger partial charge in [0, 0.05) is 12.3 Å². The molecular weight excluding hydrogens is 208 g/mol. The predicted molar refractivity (Wildman–Crippen MR) is 70.0 cm³/mol. The molecular formula is C15H25N2+. The van der Waals surface area contributed by atoms with E-state index in [0.29, 0.717) is 5.92 Å². The zero-order valence-electron chi connectivity index (χ0n) is 11.3. The maximum atomic E-state index is 9.49. The molecule has 94 valence electrons. The van der Waals surface area contributed by atoms with Gasteiger partial charge in [-0.2, -0.15) is 5.26 Å². The van der Waals surface area contributed by atoms with E-state index in [1.807, 2.05) is 0 Å². The molecule has 0 bridgehead atoms. The van der Waals surface area contributed by atoms with E-state index >= 15 is 0 Å². The van der Waals surface area contributed by atoms with Gasteiger partial charge in [0.25, 0.3) is 0 Å². The van der Waals surface area contributed by atoms with Crippen LogP contribution in [0.3, 0.4) is 0 Å². The molecule has 2 aliphatic rings. The van der Waals surface area contributed by atoms with Crippen LogP contribution >= 0.6 is 0 Å². The molecule has 1 aliphatic heterocycles. The number of nitrogens with zero attached hydrogens (tertiary/aromatic N) is 2. The van der Waals surface area contributed by atoms with Crippen molar-refractivity contribution in [2.45, 2.75) is 58.4 Å². The maximum Gasteiger partial charge on any atom is 0.181 e. The van der Waals surface area contributed by atoms with Crippen LogP contribution in [0.5, 0.6) is 0 Å². The van der Waals surface area contributed by atoms with Crippen molar-refractivity contribution < 1.29 is 4.48 Å². The number of hydrogen-bond donors (Lipinski definition) is 0. The van der Waals surface area contributed by atoms with Gasteiger partial charge in [0.05, 0.1) is 13.1 Å². The Morgan fingerprint density at radius 1 is 1.47 bits per heavy atom. The third-order valence-electron chi connectivity index (χ3n) is 4.77. The zero-order chi connectivity index (χ0) is 12.3. The topological polar surface area (TPSA) is 23.8 Å². The quantitative estimate of drug-likeness (QED) is 0.681. The first-order valence-corrected chi connectivity index (χ1v) is 7.25. The first kappa shape index (κ1) is 12.6. The van der Waals surface area contributed by atoms with Crippen molar-refractivity contribution in [1.82, 2.24) is 0 Å². The number of rotatable bonds is 4. The van der Waals surface area contributed by atoms with Gasteiger partial charge in [0.1, 0.15) is 11.8 Å². The summed E-state index contributed by atoms with van der Waals surface area (Å²) in [6, 6.07) is 2.83. The number of fused-ring (bicyclic) bond motifs is 1. The summed E-state index contributed by atoms with van der Waals surface area (Å²) in [7, 11) is 0. The lowest BCUT2D eigenvalue weighted by Crippen LogP contribution is -2.50. The summed E-state index contributed by atoms with van der Waals surface area (Å²) >= 11 is 0. The molecule has 0 aromatic heterocycles. The van der Waals surface area contributed by atoms with Gasteiger partial charge in [-0.1, -0.05) is 13.3 Å². The minimum absolute atomic E-state index is 0.223. The first-order valence-electron chi connectivity index (χ1n) is 7.25. The van der Waals surface area contributed by atoms with E-state index < -0.39 is 0 Å². The van der Waals surface area contributed by atoms with Crippen molar-refractivity contribution in [2.75, 3.05) is 13.1 Å². The smallest absolute Gasteiger partial charge is 0.181 e. The fourth-order valence-electron chi connectivity index (χ4n) is 3.81. The number of hydrogen-bond acceptors (Lipinski definition) is 1. The van der Waals surface area contributed by atoms with E-state index in [1.54, 1.807) is 5.70 Å². The largest absolute Gasteiger partial charge is 0.281 e. The molecule has 3 atom stereocenters. The summed E-state index contributed by atoms with van der Waals surface area (Å²) in [5.41, 5.74) is 1.61. The molecule has 1 aliphatic carbocycles. The Balaban J connectivity index is 2.31. The SMILES string of the molecule is CCCC[N+]1(CC)C2=CCCCC2CC1C#N. The Labute approximate surface area is 106 Å². The van der Waals surface area contributed by atoms with Gasteiger partial charge in [0.2, 0.25) is 0 Å². The molecule has 2 heteroatoms. The van der Waals surface area contributed by atoms with Crippen LogP contribution < -0.4 is 0 Å². The molecule has 1 fully saturated rings. The minimum Gasteiger partial charge on any atom is -0.281 e. The summed E-state index contributed by atoms with van der Waals surface area (Å²) in [5, 5.41) is 9.49. The summed E-state index contributed by atoms with van der Waals surface area (Å²) in [6.07, 6.45) is 9.92. The normalized spacial score (nSPS) is 36.2. The number of allylic oxidation sites excluding steroid dienone is 2. The second-order valence-electron chi connectivity index (χ2n) is 5.56. The van der Waals surface area contributed by atoms with Crippen LogP contribution in [0.2, 0.25) is 0 Å². The van der Waals surface area contributed by atoms with Crippen LogP contribution in [0.1, 0.15) is 52.4 Å². The van der Waals surface area contributed by atoms with E-state index in [4.69, 9.17) is 0 Å². The highest BCUT2D eigenvalue weighted by Crippen LogP contribution is 2.45. The van der Waals surface area contributed by atoms with Gasteiger partial charge in [-0.05, 0) is 38.7 Å². The Hall–Kier alpha value is -0.810. The Morgan fingerprint density at radius 3 is 2.94 bits per heavy atom. The van der Waals surface area contributed by atoms with Crippen molar-refractivity contribution >= 4 is 0 Å². The summed E-state index contributed by atoms with van der Waals surface area (Å²) in [5.74, 6) is 0.713. The predicted octanol–water partition coefficient (Wildman–Crippen LogP) is 3.60. The lowest BCUT2D eigenvalue weighted by atomic mass is 9.91. The third kappa shape index (κ3) is 2.02. The molecule has 2 nitrogen and oxygen atoms in total. The van der Waals surface area contributed by atoms with Gasteiger partial charge in [-0.15, -0.1) is 0 Å². The Bertz CT molecular complexity index is 339. The van der Waals surface area contributed by atoms with Crippen molar-refractivity contribution in [3.05, 3.63) is 11.8 Å². The van der Waals surface area contributed by atoms with Crippen molar-refractivity contribution in [1.29, 1.82) is 5.26 Å². The Kier molecular flexibility index (Phi) is 3.89. The molecule has 3 unspecified atom stereocenters. The Morgan fingerprint density at radius 2 is 2.29 bits per heavy atom. The average molecular weight is 233 g/mol. The highest BCUT2D eigenvalue weighted by atomic mass is 15.4. The highest BCUT2D eigenvalue weighted by molar-refractivity contribution is 5.12. The molecule has 0 saturated carbocycles. The number of quaternary nitrogens is 1. The second-order valence-corrected chi connectivity index (χ2v) is 5.56. The highest BCUT2D eigenvalue weighted by Gasteiger charge is 2.50. The van der Waals surface area contributed by atoms with E-state index in [1.165, 1.54) is 38.6 Å². The van der Waals surface area contributed by atoms with Crippen LogP contribution in [0.4, 0.5) is 0 Å². The average Bonchev–Trinajstić information content (AvgIpc) is 2.70. The van der Waals surface area contributed by atoms with Gasteiger partial charge in [-0.3, -0.25) is 4.48 Å². The third-order valence-corrected chi connectivity index (χ3v) is 4.77. The molecule has 1 saturated heterocycles. The maximum absolute atomic E-state index is 9.49. The molecule has 1 heterocycles. The van der Waals surface area contributed by atoms with Crippen LogP contribution in [0, 0.1) is 17.2 Å². The van der Waals surface area contributed by atoms with Crippen LogP contribution in [0.25, 0.3) is 0 Å². The monoisotopic (exact) mass is 233 g/mol. The summed E-state index contributed by atoms with van der Waals surface area (Å²) in [4.78, 5) is 0. The number of nitriles is 1. The van der Waals surface area contributed by atoms with Gasteiger partial charge >= 0.3 is 0 Å². The molecule has 0 spiro atoms. The van der Waals surface area contributed by atoms with E-state index in [2.05, 4.69) is 26.0 Å².